The first-order chi connectivity index (χ1) is 14.0. The van der Waals surface area contributed by atoms with E-state index in [0.717, 1.165) is 23.8 Å². The molecule has 0 spiro atoms. The van der Waals surface area contributed by atoms with Crippen molar-refractivity contribution < 1.29 is 23.8 Å². The van der Waals surface area contributed by atoms with Crippen LogP contribution in [0.2, 0.25) is 0 Å². The number of esters is 2. The van der Waals surface area contributed by atoms with Crippen LogP contribution in [0.25, 0.3) is 0 Å². The van der Waals surface area contributed by atoms with E-state index in [2.05, 4.69) is 72.7 Å². The molecule has 6 nitrogen and oxygen atoms in total. The Morgan fingerprint density at radius 2 is 1.76 bits per heavy atom. The number of nitrogens with zero attached hydrogens (tertiary/aromatic N) is 1. The van der Waals surface area contributed by atoms with E-state index < -0.39 is 11.9 Å². The Morgan fingerprint density at radius 3 is 2.52 bits per heavy atom. The molecule has 2 aromatic carbocycles. The molecule has 1 saturated heterocycles. The molecule has 0 radical (unpaired) electrons. The second-order valence-electron chi connectivity index (χ2n) is 6.23. The zero-order chi connectivity index (χ0) is 20.8. The molecule has 1 fully saturated rings. The summed E-state index contributed by atoms with van der Waals surface area (Å²) < 4.78 is 19.1. The predicted octanol–water partition coefficient (Wildman–Crippen LogP) is 4.21. The molecule has 2 aromatic rings. The van der Waals surface area contributed by atoms with Gasteiger partial charge >= 0.3 is 11.9 Å². The lowest BCUT2D eigenvalue weighted by Crippen LogP contribution is -2.38. The maximum absolute atomic E-state index is 12.6. The summed E-state index contributed by atoms with van der Waals surface area (Å²) in [7, 11) is 0. The van der Waals surface area contributed by atoms with Crippen molar-refractivity contribution in [2.24, 2.45) is 0 Å². The lowest BCUT2D eigenvalue weighted by atomic mass is 10.2. The van der Waals surface area contributed by atoms with E-state index in [-0.39, 0.29) is 0 Å². The molecule has 1 aliphatic heterocycles. The second-order valence-corrected chi connectivity index (χ2v) is 9.55. The Balaban J connectivity index is 1.59. The van der Waals surface area contributed by atoms with E-state index in [1.54, 1.807) is 24.3 Å². The molecular weight excluding hydrogens is 715 g/mol. The smallest absolute Gasteiger partial charge is 0.344 e. The molecule has 154 valence electrons. The highest BCUT2D eigenvalue weighted by molar-refractivity contribution is 14.1. The van der Waals surface area contributed by atoms with Gasteiger partial charge in [-0.1, -0.05) is 6.07 Å². The molecule has 0 amide bonds. The molecular formula is C20H18I3NO5. The van der Waals surface area contributed by atoms with Gasteiger partial charge in [0.25, 0.3) is 0 Å². The third kappa shape index (κ3) is 6.48. The van der Waals surface area contributed by atoms with Crippen LogP contribution in [0.5, 0.6) is 5.75 Å². The number of hydrogen-bond donors (Lipinski definition) is 0. The van der Waals surface area contributed by atoms with Gasteiger partial charge in [0.05, 0.1) is 24.3 Å². The zero-order valence-corrected chi connectivity index (χ0v) is 21.8. The first kappa shape index (κ1) is 23.2. The number of rotatable bonds is 6. The molecule has 1 heterocycles. The minimum Gasteiger partial charge on any atom is -0.461 e. The van der Waals surface area contributed by atoms with Crippen LogP contribution in [0.1, 0.15) is 20.7 Å². The van der Waals surface area contributed by atoms with Crippen LogP contribution in [0.15, 0.2) is 36.4 Å². The lowest BCUT2D eigenvalue weighted by molar-refractivity contribution is 0.0195. The molecule has 0 aromatic heterocycles. The Morgan fingerprint density at radius 1 is 1.00 bits per heavy atom. The highest BCUT2D eigenvalue weighted by Crippen LogP contribution is 2.26. The average Bonchev–Trinajstić information content (AvgIpc) is 2.73. The van der Waals surface area contributed by atoms with Gasteiger partial charge in [-0.2, -0.15) is 0 Å². The van der Waals surface area contributed by atoms with Gasteiger partial charge in [0.2, 0.25) is 0 Å². The summed E-state index contributed by atoms with van der Waals surface area (Å²) in [6.07, 6.45) is 0. The zero-order valence-electron chi connectivity index (χ0n) is 15.3. The van der Waals surface area contributed by atoms with E-state index in [0.29, 0.717) is 43.2 Å². The predicted molar refractivity (Wildman–Crippen MR) is 134 cm³/mol. The lowest BCUT2D eigenvalue weighted by Gasteiger charge is -2.26. The summed E-state index contributed by atoms with van der Waals surface area (Å²) in [5.74, 6) is -0.585. The Bertz CT molecular complexity index is 900. The Labute approximate surface area is 210 Å². The topological polar surface area (TPSA) is 65.1 Å². The van der Waals surface area contributed by atoms with E-state index in [9.17, 15) is 9.59 Å². The van der Waals surface area contributed by atoms with Crippen molar-refractivity contribution in [1.82, 2.24) is 4.90 Å². The van der Waals surface area contributed by atoms with Crippen LogP contribution in [0.3, 0.4) is 0 Å². The molecule has 1 aliphatic rings. The van der Waals surface area contributed by atoms with Gasteiger partial charge in [-0.05, 0) is 98.1 Å². The summed E-state index contributed by atoms with van der Waals surface area (Å²) in [5, 5.41) is 0. The fourth-order valence-electron chi connectivity index (χ4n) is 2.71. The van der Waals surface area contributed by atoms with Crippen molar-refractivity contribution >= 4 is 79.7 Å². The molecule has 0 N–H and O–H groups in total. The van der Waals surface area contributed by atoms with Gasteiger partial charge in [0.15, 0.2) is 0 Å². The number of halogens is 3. The summed E-state index contributed by atoms with van der Waals surface area (Å²) in [6.45, 7) is 4.09. The largest absolute Gasteiger partial charge is 0.461 e. The van der Waals surface area contributed by atoms with Crippen molar-refractivity contribution in [1.29, 1.82) is 0 Å². The first-order valence-electron chi connectivity index (χ1n) is 8.88. The van der Waals surface area contributed by atoms with Crippen molar-refractivity contribution in [3.63, 3.8) is 0 Å². The number of carbonyl (C=O) groups is 2. The van der Waals surface area contributed by atoms with Crippen molar-refractivity contribution in [2.75, 3.05) is 39.5 Å². The third-order valence-electron chi connectivity index (χ3n) is 4.28. The maximum atomic E-state index is 12.6. The normalized spacial score (nSPS) is 14.4. The number of hydrogen-bond acceptors (Lipinski definition) is 6. The molecule has 9 heteroatoms. The van der Waals surface area contributed by atoms with Crippen LogP contribution in [-0.2, 0) is 9.47 Å². The fourth-order valence-corrected chi connectivity index (χ4v) is 4.83. The van der Waals surface area contributed by atoms with Crippen molar-refractivity contribution in [3.8, 4) is 5.75 Å². The molecule has 3 rings (SSSR count). The third-order valence-corrected chi connectivity index (χ3v) is 9.48. The Kier molecular flexibility index (Phi) is 8.95. The molecule has 0 saturated carbocycles. The number of carbonyl (C=O) groups excluding carboxylic acids is 2. The quantitative estimate of drug-likeness (QED) is 0.192. The van der Waals surface area contributed by atoms with Crippen LogP contribution < -0.4 is 4.74 Å². The van der Waals surface area contributed by atoms with Gasteiger partial charge in [-0.3, -0.25) is 4.90 Å². The van der Waals surface area contributed by atoms with E-state index >= 15 is 0 Å². The minimum atomic E-state index is -0.457. The standard InChI is InChI=1S/C20H18I3NO5/c21-16-5-4-15(17(22)18(16)23)20(26)29-14-3-1-2-13(12-14)19(25)28-11-8-24-6-9-27-10-7-24/h1-5,12H,6-11H2. The molecule has 0 unspecified atom stereocenters. The van der Waals surface area contributed by atoms with Crippen LogP contribution in [0.4, 0.5) is 0 Å². The van der Waals surface area contributed by atoms with Gasteiger partial charge < -0.3 is 14.2 Å². The summed E-state index contributed by atoms with van der Waals surface area (Å²) in [6, 6.07) is 10.1. The van der Waals surface area contributed by atoms with Crippen LogP contribution in [0, 0.1) is 10.7 Å². The molecule has 0 aliphatic carbocycles. The van der Waals surface area contributed by atoms with E-state index in [1.165, 1.54) is 6.07 Å². The maximum Gasteiger partial charge on any atom is 0.344 e. The highest BCUT2D eigenvalue weighted by Gasteiger charge is 2.17. The van der Waals surface area contributed by atoms with Gasteiger partial charge in [-0.15, -0.1) is 0 Å². The van der Waals surface area contributed by atoms with Crippen LogP contribution in [-0.4, -0.2) is 56.3 Å². The van der Waals surface area contributed by atoms with E-state index in [4.69, 9.17) is 14.2 Å². The Hall–Kier alpha value is -0.510. The van der Waals surface area contributed by atoms with Gasteiger partial charge in [0, 0.05) is 30.3 Å². The van der Waals surface area contributed by atoms with Crippen molar-refractivity contribution in [3.05, 3.63) is 58.2 Å². The molecule has 0 atom stereocenters. The monoisotopic (exact) mass is 733 g/mol. The molecule has 29 heavy (non-hydrogen) atoms. The summed E-state index contributed by atoms with van der Waals surface area (Å²) in [5.41, 5.74) is 0.845. The second kappa shape index (κ2) is 11.2. The number of morpholine rings is 1. The molecule has 0 bridgehead atoms. The summed E-state index contributed by atoms with van der Waals surface area (Å²) in [4.78, 5) is 27.1. The average molecular weight is 733 g/mol. The van der Waals surface area contributed by atoms with E-state index in [1.807, 2.05) is 6.07 Å². The minimum absolute atomic E-state index is 0.307. The SMILES string of the molecule is O=C(OCCN1CCOCC1)c1cccc(OC(=O)c2ccc(I)c(I)c2I)c1. The van der Waals surface area contributed by atoms with Gasteiger partial charge in [-0.25, -0.2) is 9.59 Å². The van der Waals surface area contributed by atoms with Crippen LogP contribution >= 0.6 is 67.8 Å². The highest BCUT2D eigenvalue weighted by atomic mass is 127. The van der Waals surface area contributed by atoms with Crippen molar-refractivity contribution in [2.45, 2.75) is 0 Å². The first-order valence-corrected chi connectivity index (χ1v) is 12.1. The summed E-state index contributed by atoms with van der Waals surface area (Å²) >= 11 is 6.57. The number of ether oxygens (including phenoxy) is 3. The van der Waals surface area contributed by atoms with Gasteiger partial charge in [0.1, 0.15) is 12.4 Å². The fraction of sp³-hybridized carbons (Fsp3) is 0.300. The number of benzene rings is 2.